The number of aromatic amines is 1. The second-order valence-electron chi connectivity index (χ2n) is 8.92. The molecule has 0 aliphatic heterocycles. The molecular formula is C27H23BN2. The van der Waals surface area contributed by atoms with Crippen molar-refractivity contribution in [3.63, 3.8) is 0 Å². The fraction of sp³-hybridized carbons (Fsp3) is 0.148. The summed E-state index contributed by atoms with van der Waals surface area (Å²) in [5.41, 5.74) is 8.59. The van der Waals surface area contributed by atoms with Crippen molar-refractivity contribution in [1.82, 2.24) is 9.97 Å². The lowest BCUT2D eigenvalue weighted by atomic mass is 9.81. The molecule has 0 saturated carbocycles. The van der Waals surface area contributed by atoms with Crippen molar-refractivity contribution in [1.29, 1.82) is 0 Å². The van der Waals surface area contributed by atoms with E-state index in [0.29, 0.717) is 0 Å². The number of aromatic nitrogens is 2. The molecule has 144 valence electrons. The Morgan fingerprint density at radius 2 is 1.60 bits per heavy atom. The summed E-state index contributed by atoms with van der Waals surface area (Å²) in [6, 6.07) is 25.4. The van der Waals surface area contributed by atoms with E-state index in [4.69, 9.17) is 7.85 Å². The Bertz CT molecular complexity index is 1390. The number of hydrogen-bond donors (Lipinski definition) is 1. The third-order valence-electron chi connectivity index (χ3n) is 5.73. The van der Waals surface area contributed by atoms with E-state index >= 15 is 0 Å². The minimum Gasteiger partial charge on any atom is -0.354 e. The lowest BCUT2D eigenvalue weighted by molar-refractivity contribution is 0.591. The maximum atomic E-state index is 6.23. The van der Waals surface area contributed by atoms with E-state index < -0.39 is 0 Å². The molecule has 30 heavy (non-hydrogen) atoms. The van der Waals surface area contributed by atoms with Gasteiger partial charge in [-0.25, -0.2) is 0 Å². The van der Waals surface area contributed by atoms with Gasteiger partial charge in [0, 0.05) is 28.0 Å². The molecule has 0 amide bonds. The van der Waals surface area contributed by atoms with Gasteiger partial charge in [0.2, 0.25) is 0 Å². The third kappa shape index (κ3) is 3.21. The molecule has 0 aliphatic rings. The normalized spacial score (nSPS) is 12.0. The van der Waals surface area contributed by atoms with Crippen molar-refractivity contribution in [2.45, 2.75) is 26.2 Å². The quantitative estimate of drug-likeness (QED) is 0.363. The Morgan fingerprint density at radius 1 is 0.800 bits per heavy atom. The number of fused-ring (bicyclic) bond motifs is 3. The molecule has 1 N–H and O–H groups in total. The zero-order valence-corrected chi connectivity index (χ0v) is 17.5. The van der Waals surface area contributed by atoms with Crippen molar-refractivity contribution < 1.29 is 0 Å². The topological polar surface area (TPSA) is 28.7 Å². The van der Waals surface area contributed by atoms with Gasteiger partial charge in [0.05, 0.1) is 11.2 Å². The second kappa shape index (κ2) is 6.88. The van der Waals surface area contributed by atoms with E-state index in [-0.39, 0.29) is 5.41 Å². The van der Waals surface area contributed by atoms with Gasteiger partial charge in [-0.3, -0.25) is 4.98 Å². The van der Waals surface area contributed by atoms with Crippen LogP contribution in [0.2, 0.25) is 0 Å². The summed E-state index contributed by atoms with van der Waals surface area (Å²) in [6.45, 7) is 6.60. The van der Waals surface area contributed by atoms with E-state index in [1.165, 1.54) is 21.9 Å². The summed E-state index contributed by atoms with van der Waals surface area (Å²) < 4.78 is 0. The van der Waals surface area contributed by atoms with Gasteiger partial charge < -0.3 is 4.98 Å². The van der Waals surface area contributed by atoms with Crippen molar-refractivity contribution in [2.75, 3.05) is 0 Å². The van der Waals surface area contributed by atoms with E-state index in [9.17, 15) is 0 Å². The SMILES string of the molecule is [B]c1cc(-c2cc(-c3cccc4c3[nH]c3ccccc34)ccn2)cc(C(C)(C)C)c1. The highest BCUT2D eigenvalue weighted by Crippen LogP contribution is 2.34. The number of pyridine rings is 1. The summed E-state index contributed by atoms with van der Waals surface area (Å²) in [5, 5.41) is 2.48. The molecule has 0 aliphatic carbocycles. The monoisotopic (exact) mass is 386 g/mol. The highest BCUT2D eigenvalue weighted by atomic mass is 14.7. The highest BCUT2D eigenvalue weighted by molar-refractivity contribution is 6.32. The van der Waals surface area contributed by atoms with Gasteiger partial charge in [0.1, 0.15) is 7.85 Å². The second-order valence-corrected chi connectivity index (χ2v) is 8.92. The molecular weight excluding hydrogens is 363 g/mol. The summed E-state index contributed by atoms with van der Waals surface area (Å²) in [5.74, 6) is 0. The molecule has 3 heteroatoms. The minimum atomic E-state index is 0.0255. The van der Waals surface area contributed by atoms with Gasteiger partial charge in [-0.2, -0.15) is 0 Å². The molecule has 5 rings (SSSR count). The Kier molecular flexibility index (Phi) is 4.28. The summed E-state index contributed by atoms with van der Waals surface area (Å²) in [7, 11) is 6.23. The standard InChI is InChI=1S/C27H23BN2/c1-27(2,3)19-13-18(14-20(28)16-19)25-15-17(11-12-29-25)21-8-6-9-23-22-7-4-5-10-24(22)30-26(21)23/h4-16,30H,1-3H3. The largest absolute Gasteiger partial charge is 0.354 e. The zero-order chi connectivity index (χ0) is 20.9. The molecule has 0 saturated heterocycles. The van der Waals surface area contributed by atoms with Gasteiger partial charge >= 0.3 is 0 Å². The van der Waals surface area contributed by atoms with Gasteiger partial charge in [0.15, 0.2) is 0 Å². The molecule has 0 bridgehead atoms. The maximum Gasteiger partial charge on any atom is 0.113 e. The van der Waals surface area contributed by atoms with Crippen LogP contribution in [0.5, 0.6) is 0 Å². The first-order valence-electron chi connectivity index (χ1n) is 10.3. The van der Waals surface area contributed by atoms with Crippen molar-refractivity contribution in [3.05, 3.63) is 84.6 Å². The van der Waals surface area contributed by atoms with Crippen molar-refractivity contribution in [2.24, 2.45) is 0 Å². The molecule has 0 fully saturated rings. The Balaban J connectivity index is 1.68. The molecule has 2 heterocycles. The van der Waals surface area contributed by atoms with Crippen molar-refractivity contribution >= 4 is 35.1 Å². The third-order valence-corrected chi connectivity index (χ3v) is 5.73. The lowest BCUT2D eigenvalue weighted by Gasteiger charge is -2.21. The summed E-state index contributed by atoms with van der Waals surface area (Å²) >= 11 is 0. The number of hydrogen-bond acceptors (Lipinski definition) is 1. The van der Waals surface area contributed by atoms with Gasteiger partial charge in [-0.15, -0.1) is 0 Å². The van der Waals surface area contributed by atoms with Crippen LogP contribution in [0.4, 0.5) is 0 Å². The number of H-pyrrole nitrogens is 1. The van der Waals surface area contributed by atoms with Crippen LogP contribution >= 0.6 is 0 Å². The average molecular weight is 386 g/mol. The first-order chi connectivity index (χ1) is 14.4. The smallest absolute Gasteiger partial charge is 0.113 e. The Morgan fingerprint density at radius 3 is 2.43 bits per heavy atom. The lowest BCUT2D eigenvalue weighted by Crippen LogP contribution is -2.15. The number of benzene rings is 3. The summed E-state index contributed by atoms with van der Waals surface area (Å²) in [4.78, 5) is 8.26. The first kappa shape index (κ1) is 18.7. The number of para-hydroxylation sites is 2. The van der Waals surface area contributed by atoms with Crippen LogP contribution in [0, 0.1) is 0 Å². The fourth-order valence-electron chi connectivity index (χ4n) is 4.10. The predicted molar refractivity (Wildman–Crippen MR) is 129 cm³/mol. The van der Waals surface area contributed by atoms with E-state index in [2.05, 4.69) is 97.5 Å². The molecule has 2 nitrogen and oxygen atoms in total. The molecule has 5 aromatic rings. The molecule has 0 unspecified atom stereocenters. The van der Waals surface area contributed by atoms with Crippen LogP contribution in [0.3, 0.4) is 0 Å². The van der Waals surface area contributed by atoms with Crippen LogP contribution in [-0.4, -0.2) is 17.8 Å². The van der Waals surface area contributed by atoms with Gasteiger partial charge in [-0.05, 0) is 46.4 Å². The Hall–Kier alpha value is -3.33. The van der Waals surface area contributed by atoms with Crippen LogP contribution in [0.25, 0.3) is 44.2 Å². The molecule has 2 radical (unpaired) electrons. The van der Waals surface area contributed by atoms with Crippen LogP contribution in [0.1, 0.15) is 26.3 Å². The van der Waals surface area contributed by atoms with Gasteiger partial charge in [0.25, 0.3) is 0 Å². The van der Waals surface area contributed by atoms with E-state index in [1.54, 1.807) is 0 Å². The number of nitrogens with zero attached hydrogens (tertiary/aromatic N) is 1. The molecule has 0 atom stereocenters. The first-order valence-corrected chi connectivity index (χ1v) is 10.3. The number of rotatable bonds is 2. The van der Waals surface area contributed by atoms with Crippen LogP contribution in [0.15, 0.2) is 79.0 Å². The molecule has 3 aromatic carbocycles. The van der Waals surface area contributed by atoms with Crippen LogP contribution < -0.4 is 5.46 Å². The molecule has 0 spiro atoms. The number of nitrogens with one attached hydrogen (secondary N) is 1. The van der Waals surface area contributed by atoms with Crippen LogP contribution in [-0.2, 0) is 5.41 Å². The predicted octanol–water partition coefficient (Wildman–Crippen LogP) is 6.14. The Labute approximate surface area is 178 Å². The molecule has 2 aromatic heterocycles. The van der Waals surface area contributed by atoms with Gasteiger partial charge in [-0.1, -0.05) is 74.8 Å². The maximum absolute atomic E-state index is 6.23. The van der Waals surface area contributed by atoms with E-state index in [1.807, 2.05) is 12.3 Å². The minimum absolute atomic E-state index is 0.0255. The summed E-state index contributed by atoms with van der Waals surface area (Å²) in [6.07, 6.45) is 1.88. The fourth-order valence-corrected chi connectivity index (χ4v) is 4.10. The van der Waals surface area contributed by atoms with Crippen molar-refractivity contribution in [3.8, 4) is 22.4 Å². The average Bonchev–Trinajstić information content (AvgIpc) is 3.11. The van der Waals surface area contributed by atoms with E-state index in [0.717, 1.165) is 33.3 Å². The zero-order valence-electron chi connectivity index (χ0n) is 17.5. The highest BCUT2D eigenvalue weighted by Gasteiger charge is 2.16.